The van der Waals surface area contributed by atoms with E-state index >= 15 is 0 Å². The lowest BCUT2D eigenvalue weighted by Crippen LogP contribution is -1.89. The van der Waals surface area contributed by atoms with Gasteiger partial charge in [0.05, 0.1) is 10.6 Å². The molecular weight excluding hydrogens is 232 g/mol. The van der Waals surface area contributed by atoms with Crippen LogP contribution in [0.15, 0.2) is 22.7 Å². The van der Waals surface area contributed by atoms with Crippen LogP contribution in [0.2, 0.25) is 5.02 Å². The molecule has 1 N–H and O–H groups in total. The van der Waals surface area contributed by atoms with E-state index in [-0.39, 0.29) is 18.2 Å². The number of aromatic nitrogens is 2. The van der Waals surface area contributed by atoms with Gasteiger partial charge in [-0.15, -0.1) is 0 Å². The summed E-state index contributed by atoms with van der Waals surface area (Å²) in [4.78, 5) is 4.07. The lowest BCUT2D eigenvalue weighted by Gasteiger charge is -1.98. The zero-order valence-electron chi connectivity index (χ0n) is 8.48. The van der Waals surface area contributed by atoms with Crippen molar-refractivity contribution in [2.45, 2.75) is 6.61 Å². The molecule has 16 heavy (non-hydrogen) atoms. The van der Waals surface area contributed by atoms with Crippen LogP contribution in [-0.4, -0.2) is 22.4 Å². The van der Waals surface area contributed by atoms with Gasteiger partial charge in [0.1, 0.15) is 12.4 Å². The summed E-state index contributed by atoms with van der Waals surface area (Å²) in [6.45, 7) is 0.264. The molecule has 1 heterocycles. The van der Waals surface area contributed by atoms with Crippen LogP contribution in [0.1, 0.15) is 5.82 Å². The Morgan fingerprint density at radius 1 is 1.50 bits per heavy atom. The highest BCUT2D eigenvalue weighted by atomic mass is 35.5. The van der Waals surface area contributed by atoms with Gasteiger partial charge in [0.2, 0.25) is 0 Å². The number of phenols is 1. The molecule has 0 bridgehead atoms. The predicted molar refractivity (Wildman–Crippen MR) is 57.1 cm³/mol. The van der Waals surface area contributed by atoms with E-state index in [2.05, 4.69) is 10.1 Å². The third-order valence-corrected chi connectivity index (χ3v) is 2.25. The van der Waals surface area contributed by atoms with Gasteiger partial charge in [-0.3, -0.25) is 0 Å². The molecule has 0 spiro atoms. The first-order chi connectivity index (χ1) is 7.70. The number of phenolic OH excluding ortho intramolecular Hbond substituents is 1. The molecule has 0 aliphatic carbocycles. The van der Waals surface area contributed by atoms with Gasteiger partial charge in [0.25, 0.3) is 5.89 Å². The molecule has 0 amide bonds. The van der Waals surface area contributed by atoms with Gasteiger partial charge in [-0.05, 0) is 18.2 Å². The summed E-state index contributed by atoms with van der Waals surface area (Å²) >= 11 is 5.95. The van der Waals surface area contributed by atoms with Crippen LogP contribution in [-0.2, 0) is 11.3 Å². The summed E-state index contributed by atoms with van der Waals surface area (Å²) < 4.78 is 9.87. The lowest BCUT2D eigenvalue weighted by molar-refractivity contribution is 0.174. The minimum atomic E-state index is 0.0888. The third-order valence-electron chi connectivity index (χ3n) is 1.92. The van der Waals surface area contributed by atoms with Gasteiger partial charge in [-0.1, -0.05) is 16.8 Å². The number of benzene rings is 1. The van der Waals surface area contributed by atoms with Crippen LogP contribution in [0, 0.1) is 0 Å². The number of ether oxygens (including phenoxy) is 1. The maximum Gasteiger partial charge on any atom is 0.259 e. The Balaban J connectivity index is 2.38. The standard InChI is InChI=1S/C10H9ClN2O3/c1-15-5-9-12-10(16-13-9)7-4-6(14)2-3-8(7)11/h2-4,14H,5H2,1H3. The molecule has 84 valence electrons. The normalized spacial score (nSPS) is 10.6. The molecule has 6 heteroatoms. The zero-order chi connectivity index (χ0) is 11.5. The first-order valence-corrected chi connectivity index (χ1v) is 4.89. The molecule has 0 saturated carbocycles. The molecule has 0 fully saturated rings. The molecule has 5 nitrogen and oxygen atoms in total. The second kappa shape index (κ2) is 4.51. The van der Waals surface area contributed by atoms with E-state index in [9.17, 15) is 5.11 Å². The smallest absolute Gasteiger partial charge is 0.259 e. The van der Waals surface area contributed by atoms with Crippen LogP contribution < -0.4 is 0 Å². The van der Waals surface area contributed by atoms with Gasteiger partial charge in [0.15, 0.2) is 5.82 Å². The summed E-state index contributed by atoms with van der Waals surface area (Å²) in [7, 11) is 1.54. The van der Waals surface area contributed by atoms with Crippen molar-refractivity contribution in [1.82, 2.24) is 10.1 Å². The Labute approximate surface area is 96.6 Å². The highest BCUT2D eigenvalue weighted by Gasteiger charge is 2.12. The number of aromatic hydroxyl groups is 1. The van der Waals surface area contributed by atoms with Crippen molar-refractivity contribution >= 4 is 11.6 Å². The Bertz CT molecular complexity index is 499. The Morgan fingerprint density at radius 3 is 3.06 bits per heavy atom. The highest BCUT2D eigenvalue weighted by Crippen LogP contribution is 2.29. The number of methoxy groups -OCH3 is 1. The molecule has 1 aromatic heterocycles. The van der Waals surface area contributed by atoms with E-state index < -0.39 is 0 Å². The first kappa shape index (κ1) is 10.9. The van der Waals surface area contributed by atoms with E-state index in [0.29, 0.717) is 16.4 Å². The van der Waals surface area contributed by atoms with Crippen LogP contribution in [0.25, 0.3) is 11.5 Å². The molecule has 0 radical (unpaired) electrons. The largest absolute Gasteiger partial charge is 0.508 e. The first-order valence-electron chi connectivity index (χ1n) is 4.51. The average Bonchev–Trinajstić information content (AvgIpc) is 2.71. The SMILES string of the molecule is COCc1noc(-c2cc(O)ccc2Cl)n1. The van der Waals surface area contributed by atoms with Crippen LogP contribution in [0.5, 0.6) is 5.75 Å². The molecule has 0 unspecified atom stereocenters. The van der Waals surface area contributed by atoms with Crippen LogP contribution in [0.4, 0.5) is 0 Å². The summed E-state index contributed by atoms with van der Waals surface area (Å²) in [6, 6.07) is 4.51. The molecule has 0 saturated heterocycles. The predicted octanol–water partition coefficient (Wildman–Crippen LogP) is 2.24. The zero-order valence-corrected chi connectivity index (χ0v) is 9.23. The van der Waals surface area contributed by atoms with Gasteiger partial charge in [0, 0.05) is 7.11 Å². The molecular formula is C10H9ClN2O3. The highest BCUT2D eigenvalue weighted by molar-refractivity contribution is 6.33. The van der Waals surface area contributed by atoms with Crippen molar-refractivity contribution in [2.75, 3.05) is 7.11 Å². The Kier molecular flexibility index (Phi) is 3.07. The minimum absolute atomic E-state index is 0.0888. The maximum atomic E-state index is 9.34. The number of hydrogen-bond donors (Lipinski definition) is 1. The summed E-state index contributed by atoms with van der Waals surface area (Å²) in [5.41, 5.74) is 0.497. The second-order valence-electron chi connectivity index (χ2n) is 3.11. The van der Waals surface area contributed by atoms with Crippen molar-refractivity contribution in [3.63, 3.8) is 0 Å². The summed E-state index contributed by atoms with van der Waals surface area (Å²) in [6.07, 6.45) is 0. The van der Waals surface area contributed by atoms with Gasteiger partial charge < -0.3 is 14.4 Å². The van der Waals surface area contributed by atoms with E-state index in [4.69, 9.17) is 20.9 Å². The fourth-order valence-electron chi connectivity index (χ4n) is 1.23. The number of nitrogens with zero attached hydrogens (tertiary/aromatic N) is 2. The van der Waals surface area contributed by atoms with Crippen molar-refractivity contribution in [1.29, 1.82) is 0 Å². The van der Waals surface area contributed by atoms with Gasteiger partial charge in [-0.2, -0.15) is 4.98 Å². The molecule has 0 aliphatic rings. The Morgan fingerprint density at radius 2 is 2.31 bits per heavy atom. The number of hydrogen-bond acceptors (Lipinski definition) is 5. The van der Waals surface area contributed by atoms with Crippen LogP contribution in [0.3, 0.4) is 0 Å². The number of halogens is 1. The van der Waals surface area contributed by atoms with E-state index in [1.807, 2.05) is 0 Å². The van der Waals surface area contributed by atoms with Crippen molar-refractivity contribution in [3.05, 3.63) is 29.0 Å². The van der Waals surface area contributed by atoms with Gasteiger partial charge in [-0.25, -0.2) is 0 Å². The van der Waals surface area contributed by atoms with Crippen LogP contribution >= 0.6 is 11.6 Å². The summed E-state index contributed by atoms with van der Waals surface area (Å²) in [5, 5.41) is 13.5. The molecule has 2 aromatic rings. The third kappa shape index (κ3) is 2.15. The maximum absolute atomic E-state index is 9.34. The molecule has 0 atom stereocenters. The van der Waals surface area contributed by atoms with E-state index in [0.717, 1.165) is 0 Å². The lowest BCUT2D eigenvalue weighted by atomic mass is 10.2. The fraction of sp³-hybridized carbons (Fsp3) is 0.200. The van der Waals surface area contributed by atoms with E-state index in [1.165, 1.54) is 19.2 Å². The average molecular weight is 241 g/mol. The summed E-state index contributed by atoms with van der Waals surface area (Å²) in [5.74, 6) is 0.774. The molecule has 1 aromatic carbocycles. The van der Waals surface area contributed by atoms with Crippen molar-refractivity contribution in [2.24, 2.45) is 0 Å². The fourth-order valence-corrected chi connectivity index (χ4v) is 1.43. The second-order valence-corrected chi connectivity index (χ2v) is 3.52. The topological polar surface area (TPSA) is 68.4 Å². The molecule has 0 aliphatic heterocycles. The minimum Gasteiger partial charge on any atom is -0.508 e. The van der Waals surface area contributed by atoms with Crippen molar-refractivity contribution in [3.8, 4) is 17.2 Å². The monoisotopic (exact) mass is 240 g/mol. The molecule has 2 rings (SSSR count). The van der Waals surface area contributed by atoms with E-state index in [1.54, 1.807) is 6.07 Å². The van der Waals surface area contributed by atoms with Gasteiger partial charge >= 0.3 is 0 Å². The van der Waals surface area contributed by atoms with Crippen molar-refractivity contribution < 1.29 is 14.4 Å². The quantitative estimate of drug-likeness (QED) is 0.891. The Hall–Kier alpha value is -1.59. The number of rotatable bonds is 3.